The maximum atomic E-state index is 14.5. The number of fused-ring (bicyclic) bond motifs is 3. The van der Waals surface area contributed by atoms with Gasteiger partial charge >= 0.3 is 5.97 Å². The van der Waals surface area contributed by atoms with Gasteiger partial charge in [-0.05, 0) is 60.2 Å². The minimum Gasteiger partial charge on any atom is -0.482 e. The van der Waals surface area contributed by atoms with Crippen molar-refractivity contribution < 1.29 is 33.4 Å². The van der Waals surface area contributed by atoms with Crippen LogP contribution in [0.3, 0.4) is 0 Å². The summed E-state index contributed by atoms with van der Waals surface area (Å²) >= 11 is 0. The summed E-state index contributed by atoms with van der Waals surface area (Å²) in [6, 6.07) is 9.10. The van der Waals surface area contributed by atoms with Crippen molar-refractivity contribution in [2.75, 3.05) is 11.9 Å². The fourth-order valence-electron chi connectivity index (χ4n) is 5.22. The first-order chi connectivity index (χ1) is 19.7. The van der Waals surface area contributed by atoms with Crippen molar-refractivity contribution in [1.82, 2.24) is 25.2 Å². The van der Waals surface area contributed by atoms with Crippen molar-refractivity contribution in [3.8, 4) is 5.75 Å². The second kappa shape index (κ2) is 10.0. The SMILES string of the molecule is Cc1c(C(=O)O)ccc2c1CC[C@@H]2NC(=O)c1cc(C(=O)NCc2ccc3c(c2)NC(=O)CO3)nc2c(F)cnn12. The van der Waals surface area contributed by atoms with Crippen LogP contribution in [0.25, 0.3) is 5.65 Å². The largest absolute Gasteiger partial charge is 0.482 e. The Labute approximate surface area is 231 Å². The number of aromatic carboxylic acids is 1. The molecule has 41 heavy (non-hydrogen) atoms. The summed E-state index contributed by atoms with van der Waals surface area (Å²) in [5, 5.41) is 21.6. The Morgan fingerprint density at radius 3 is 2.83 bits per heavy atom. The fourth-order valence-corrected chi connectivity index (χ4v) is 5.22. The molecule has 0 spiro atoms. The summed E-state index contributed by atoms with van der Waals surface area (Å²) in [5.41, 5.74) is 3.12. The second-order valence-electron chi connectivity index (χ2n) is 9.78. The highest BCUT2D eigenvalue weighted by Crippen LogP contribution is 2.35. The molecule has 3 amide bonds. The molecule has 0 saturated carbocycles. The number of amides is 3. The number of carbonyl (C=O) groups excluding carboxylic acids is 3. The molecule has 1 atom stereocenters. The smallest absolute Gasteiger partial charge is 0.335 e. The second-order valence-corrected chi connectivity index (χ2v) is 9.78. The zero-order valence-corrected chi connectivity index (χ0v) is 21.7. The summed E-state index contributed by atoms with van der Waals surface area (Å²) < 4.78 is 20.9. The lowest BCUT2D eigenvalue weighted by Crippen LogP contribution is -2.31. The quantitative estimate of drug-likeness (QED) is 0.280. The van der Waals surface area contributed by atoms with Gasteiger partial charge in [-0.25, -0.2) is 18.7 Å². The molecule has 2 aliphatic rings. The third-order valence-corrected chi connectivity index (χ3v) is 7.25. The monoisotopic (exact) mass is 558 g/mol. The van der Waals surface area contributed by atoms with Crippen LogP contribution in [-0.2, 0) is 17.8 Å². The third-order valence-electron chi connectivity index (χ3n) is 7.25. The molecule has 12 nitrogen and oxygen atoms in total. The number of nitrogens with one attached hydrogen (secondary N) is 3. The molecule has 1 aliphatic carbocycles. The molecule has 0 fully saturated rings. The molecule has 0 radical (unpaired) electrons. The fraction of sp³-hybridized carbons (Fsp3) is 0.214. The number of nitrogens with zero attached hydrogens (tertiary/aromatic N) is 3. The maximum Gasteiger partial charge on any atom is 0.335 e. The summed E-state index contributed by atoms with van der Waals surface area (Å²) in [6.45, 7) is 1.73. The number of benzene rings is 2. The zero-order valence-electron chi connectivity index (χ0n) is 21.7. The average Bonchev–Trinajstić information content (AvgIpc) is 3.54. The van der Waals surface area contributed by atoms with Crippen molar-refractivity contribution in [2.45, 2.75) is 32.4 Å². The van der Waals surface area contributed by atoms with Crippen LogP contribution >= 0.6 is 0 Å². The first kappa shape index (κ1) is 25.9. The number of halogens is 1. The highest BCUT2D eigenvalue weighted by molar-refractivity contribution is 5.99. The topological polar surface area (TPSA) is 164 Å². The lowest BCUT2D eigenvalue weighted by Gasteiger charge is -2.18. The van der Waals surface area contributed by atoms with Gasteiger partial charge < -0.3 is 25.8 Å². The number of anilines is 1. The Morgan fingerprint density at radius 1 is 1.20 bits per heavy atom. The molecule has 0 saturated heterocycles. The Kier molecular flexibility index (Phi) is 6.33. The van der Waals surface area contributed by atoms with Crippen molar-refractivity contribution in [2.24, 2.45) is 0 Å². The Balaban J connectivity index is 1.23. The number of carboxylic acid groups (broad SMARTS) is 1. The molecular weight excluding hydrogens is 535 g/mol. The molecule has 2 aromatic heterocycles. The minimum absolute atomic E-state index is 0.0641. The van der Waals surface area contributed by atoms with Crippen molar-refractivity contribution >= 4 is 35.0 Å². The van der Waals surface area contributed by atoms with Crippen LogP contribution in [-0.4, -0.2) is 50.0 Å². The maximum absolute atomic E-state index is 14.5. The van der Waals surface area contributed by atoms with E-state index in [-0.39, 0.29) is 41.7 Å². The van der Waals surface area contributed by atoms with E-state index in [1.807, 2.05) is 0 Å². The van der Waals surface area contributed by atoms with Crippen LogP contribution in [0.15, 0.2) is 42.6 Å². The van der Waals surface area contributed by atoms with Gasteiger partial charge in [0.1, 0.15) is 17.1 Å². The molecular formula is C28H23FN6O6. The molecule has 0 unspecified atom stereocenters. The Bertz CT molecular complexity index is 1780. The number of carbonyl (C=O) groups is 4. The molecule has 4 N–H and O–H groups in total. The van der Waals surface area contributed by atoms with Crippen LogP contribution in [0, 0.1) is 12.7 Å². The zero-order chi connectivity index (χ0) is 28.8. The van der Waals surface area contributed by atoms with E-state index >= 15 is 0 Å². The van der Waals surface area contributed by atoms with E-state index in [1.165, 1.54) is 12.1 Å². The number of hydrogen-bond donors (Lipinski definition) is 4. The van der Waals surface area contributed by atoms with Gasteiger partial charge in [0.2, 0.25) is 0 Å². The van der Waals surface area contributed by atoms with E-state index in [9.17, 15) is 28.7 Å². The summed E-state index contributed by atoms with van der Waals surface area (Å²) in [5.74, 6) is -2.84. The van der Waals surface area contributed by atoms with E-state index in [1.54, 1.807) is 31.2 Å². The lowest BCUT2D eigenvalue weighted by molar-refractivity contribution is -0.118. The summed E-state index contributed by atoms with van der Waals surface area (Å²) in [6.07, 6.45) is 2.04. The van der Waals surface area contributed by atoms with Gasteiger partial charge in [-0.2, -0.15) is 5.10 Å². The van der Waals surface area contributed by atoms with Gasteiger partial charge in [0, 0.05) is 12.6 Å². The molecule has 2 aromatic carbocycles. The average molecular weight is 559 g/mol. The van der Waals surface area contributed by atoms with Crippen molar-refractivity contribution in [3.63, 3.8) is 0 Å². The van der Waals surface area contributed by atoms with Gasteiger partial charge in [-0.3, -0.25) is 14.4 Å². The Morgan fingerprint density at radius 2 is 2.02 bits per heavy atom. The van der Waals surface area contributed by atoms with Crippen molar-refractivity contribution in [3.05, 3.63) is 87.6 Å². The predicted molar refractivity (Wildman–Crippen MR) is 141 cm³/mol. The first-order valence-corrected chi connectivity index (χ1v) is 12.7. The van der Waals surface area contributed by atoms with Crippen LogP contribution in [0.5, 0.6) is 5.75 Å². The molecule has 3 heterocycles. The van der Waals surface area contributed by atoms with Crippen LogP contribution in [0.1, 0.15) is 66.1 Å². The van der Waals surface area contributed by atoms with Crippen LogP contribution in [0.2, 0.25) is 0 Å². The van der Waals surface area contributed by atoms with E-state index < -0.39 is 29.6 Å². The van der Waals surface area contributed by atoms with Crippen molar-refractivity contribution in [1.29, 1.82) is 0 Å². The van der Waals surface area contributed by atoms with Gasteiger partial charge in [-0.1, -0.05) is 12.1 Å². The highest BCUT2D eigenvalue weighted by atomic mass is 19.1. The van der Waals surface area contributed by atoms with E-state index in [0.717, 1.165) is 21.8 Å². The molecule has 13 heteroatoms. The lowest BCUT2D eigenvalue weighted by atomic mass is 9.98. The standard InChI is InChI=1S/C28H23FN6O6/c1-13-15-5-6-19(17(15)4-3-16(13)28(39)40)34-27(38)22-9-21(33-25-18(29)11-31-35(22)25)26(37)30-10-14-2-7-23-20(8-14)32-24(36)12-41-23/h2-4,7-9,11,19H,5-6,10,12H2,1H3,(H,30,37)(H,32,36)(H,34,38)(H,39,40)/t19-/m0/s1. The number of aromatic nitrogens is 3. The number of ether oxygens (including phenoxy) is 1. The first-order valence-electron chi connectivity index (χ1n) is 12.7. The van der Waals surface area contributed by atoms with Gasteiger partial charge in [0.25, 0.3) is 17.7 Å². The highest BCUT2D eigenvalue weighted by Gasteiger charge is 2.29. The number of carboxylic acids is 1. The normalized spacial score (nSPS) is 15.5. The minimum atomic E-state index is -1.02. The van der Waals surface area contributed by atoms with Gasteiger partial charge in [0.05, 0.1) is 23.5 Å². The number of hydrogen-bond acceptors (Lipinski definition) is 7. The summed E-state index contributed by atoms with van der Waals surface area (Å²) in [4.78, 5) is 53.6. The van der Waals surface area contributed by atoms with E-state index in [0.29, 0.717) is 35.4 Å². The molecule has 208 valence electrons. The Hall–Kier alpha value is -5.33. The molecule has 6 rings (SSSR count). The number of rotatable bonds is 6. The molecule has 1 aliphatic heterocycles. The molecule has 4 aromatic rings. The van der Waals surface area contributed by atoms with E-state index in [2.05, 4.69) is 26.0 Å². The van der Waals surface area contributed by atoms with E-state index in [4.69, 9.17) is 4.74 Å². The van der Waals surface area contributed by atoms with Gasteiger partial charge in [0.15, 0.2) is 18.1 Å². The third kappa shape index (κ3) is 4.71. The predicted octanol–water partition coefficient (Wildman–Crippen LogP) is 2.55. The van der Waals surface area contributed by atoms with Gasteiger partial charge in [-0.15, -0.1) is 0 Å². The van der Waals surface area contributed by atoms with Crippen LogP contribution in [0.4, 0.5) is 10.1 Å². The molecule has 0 bridgehead atoms. The van der Waals surface area contributed by atoms with Crippen LogP contribution < -0.4 is 20.7 Å². The summed E-state index contributed by atoms with van der Waals surface area (Å²) in [7, 11) is 0.